The highest BCUT2D eigenvalue weighted by Gasteiger charge is 2.38. The molecule has 0 saturated carbocycles. The van der Waals surface area contributed by atoms with Gasteiger partial charge in [-0.1, -0.05) is 69.3 Å². The maximum absolute atomic E-state index is 13.7. The number of phenolic OH excluding ortho intramolecular Hbond substituents is 1. The molecule has 0 spiro atoms. The van der Waals surface area contributed by atoms with Gasteiger partial charge in [-0.2, -0.15) is 0 Å². The number of unbranched alkanes of at least 4 members (excludes halogenated alkanes) is 2. The fourth-order valence-corrected chi connectivity index (χ4v) is 12.6. The van der Waals surface area contributed by atoms with Crippen molar-refractivity contribution in [1.29, 1.82) is 0 Å². The molecule has 4 aliphatic heterocycles. The Hall–Kier alpha value is -10.5. The third-order valence-electron chi connectivity index (χ3n) is 18.2. The number of nitrogens with one attached hydrogen (secondary N) is 4. The summed E-state index contributed by atoms with van der Waals surface area (Å²) in [4.78, 5) is 137. The zero-order chi connectivity index (χ0) is 76.0. The number of ketones is 2. The first-order valence-corrected chi connectivity index (χ1v) is 35.9. The number of hydrogen-bond donors (Lipinski definition) is 5. The second-order valence-corrected chi connectivity index (χ2v) is 26.6. The van der Waals surface area contributed by atoms with Crippen LogP contribution in [-0.2, 0) is 85.5 Å². The minimum absolute atomic E-state index is 0.0193. The lowest BCUT2D eigenvalue weighted by molar-refractivity contribution is -0.141. The Labute approximate surface area is 620 Å². The van der Waals surface area contributed by atoms with Crippen molar-refractivity contribution in [3.8, 4) is 23.0 Å². The van der Waals surface area contributed by atoms with Gasteiger partial charge in [-0.05, 0) is 128 Å². The minimum atomic E-state index is -0.769. The van der Waals surface area contributed by atoms with E-state index >= 15 is 0 Å². The molecular weight excluding hydrogens is 1390 g/mol. The lowest BCUT2D eigenvalue weighted by Gasteiger charge is -2.22. The molecule has 0 saturated heterocycles. The van der Waals surface area contributed by atoms with Crippen LogP contribution in [0, 0.1) is 11.8 Å². The van der Waals surface area contributed by atoms with E-state index in [2.05, 4.69) is 40.7 Å². The molecule has 24 nitrogen and oxygen atoms in total. The van der Waals surface area contributed by atoms with Crippen molar-refractivity contribution in [2.24, 2.45) is 21.8 Å². The number of aliphatic imine (C=N–C) groups is 2. The van der Waals surface area contributed by atoms with Gasteiger partial charge in [-0.25, -0.2) is 0 Å². The zero-order valence-electron chi connectivity index (χ0n) is 60.4. The normalized spacial score (nSPS) is 15.2. The molecule has 556 valence electrons. The number of benzene rings is 6. The van der Waals surface area contributed by atoms with Crippen LogP contribution in [0.1, 0.15) is 153 Å². The first-order valence-electron chi connectivity index (χ1n) is 34.8. The molecule has 4 aliphatic rings. The Morgan fingerprint density at radius 3 is 1.40 bits per heavy atom. The van der Waals surface area contributed by atoms with Gasteiger partial charge < -0.3 is 50.1 Å². The molecule has 6 amide bonds. The first-order chi connectivity index (χ1) is 50.4. The number of Topliss-reactive ketones (excluding diaryl/α,β-unsaturated/α-hetero) is 2. The van der Waals surface area contributed by atoms with E-state index in [1.165, 1.54) is 34.5 Å². The average Bonchev–Trinajstić information content (AvgIpc) is 1.63. The average molecular weight is 1480 g/mol. The quantitative estimate of drug-likeness (QED) is 0.0159. The van der Waals surface area contributed by atoms with E-state index in [9.17, 15) is 53.1 Å². The van der Waals surface area contributed by atoms with Crippen LogP contribution in [0.15, 0.2) is 119 Å². The van der Waals surface area contributed by atoms with Crippen LogP contribution in [0.25, 0.3) is 0 Å². The van der Waals surface area contributed by atoms with E-state index in [4.69, 9.17) is 37.4 Å². The number of rotatable bonds is 30. The van der Waals surface area contributed by atoms with Crippen molar-refractivity contribution >= 4 is 129 Å². The summed E-state index contributed by atoms with van der Waals surface area (Å²) in [5.74, 6) is -2.28. The van der Waals surface area contributed by atoms with Gasteiger partial charge in [-0.15, -0.1) is 23.2 Å². The second kappa shape index (κ2) is 38.3. The Balaban J connectivity index is 0.000000221. The van der Waals surface area contributed by atoms with Crippen molar-refractivity contribution in [3.05, 3.63) is 154 Å². The molecule has 0 bridgehead atoms. The summed E-state index contributed by atoms with van der Waals surface area (Å²) >= 11 is 12.1. The number of aromatic hydroxyl groups is 1. The summed E-state index contributed by atoms with van der Waals surface area (Å²) in [7, 11) is 5.60. The summed E-state index contributed by atoms with van der Waals surface area (Å²) in [6.45, 7) is 8.63. The number of carbonyl (C=O) groups excluding carboxylic acids is 10. The highest BCUT2D eigenvalue weighted by molar-refractivity contribution is 6.18. The van der Waals surface area contributed by atoms with E-state index in [1.54, 1.807) is 80.3 Å². The molecule has 4 heterocycles. The van der Waals surface area contributed by atoms with E-state index < -0.39 is 23.9 Å². The van der Waals surface area contributed by atoms with Crippen LogP contribution >= 0.6 is 23.2 Å². The minimum Gasteiger partial charge on any atom is -0.504 e. The van der Waals surface area contributed by atoms with Gasteiger partial charge in [0.2, 0.25) is 23.6 Å². The van der Waals surface area contributed by atoms with Crippen molar-refractivity contribution in [1.82, 2.24) is 10.6 Å². The molecule has 6 atom stereocenters. The standard InChI is InChI=1S/C39H43ClN4O8.C23H33ClN2O5.C17H14N2O3/c1-23(13-33(45)24(2)42-36(46)11-7-8-12-37(47)51-4)38(48)43-28-15-25(20-40)14-26(16-28)22-52-35-19-31-30(18-34(35)50-3)39(49)44-29(21-41-31)17-27-9-5-6-10-32(27)44;1-5-17-11-18(14-24)13-19(12-17)26-23(30)15(2)10-20(27)16(3)25-21(28)8-6-7-9-22(29)31-4;1-22-16-7-12-13(8-15(16)20)18-9-11-6-10-4-2-3-5-14(10)19(11)17(12)21/h5-6,9-10,14-16,18-19,21,23-24,29H,7-8,11-13,17,20,22H2,1-4H3,(H,42,46)(H,43,48);11-13,15-16H,5-10,14H2,1-4H3,(H,25,28)(H,26,30);2-5,7-9,11,20H,6H2,1H3/t23-,24+,29+;15-,16+;11-/m110/s1. The van der Waals surface area contributed by atoms with Gasteiger partial charge in [0.1, 0.15) is 6.61 Å². The number of nitrogens with zero attached hydrogens (tertiary/aromatic N) is 4. The number of methoxy groups -OCH3 is 4. The summed E-state index contributed by atoms with van der Waals surface area (Å²) in [6.07, 6.45) is 8.73. The number of para-hydroxylation sites is 2. The van der Waals surface area contributed by atoms with Crippen LogP contribution < -0.4 is 45.3 Å². The fourth-order valence-electron chi connectivity index (χ4n) is 12.3. The molecule has 0 aliphatic carbocycles. The molecule has 0 fully saturated rings. The molecule has 0 radical (unpaired) electrons. The van der Waals surface area contributed by atoms with E-state index in [1.807, 2.05) is 79.7 Å². The Bertz CT molecular complexity index is 4250. The third kappa shape index (κ3) is 21.6. The molecule has 105 heavy (non-hydrogen) atoms. The van der Waals surface area contributed by atoms with Crippen molar-refractivity contribution in [2.75, 3.05) is 48.9 Å². The molecule has 0 aromatic heterocycles. The van der Waals surface area contributed by atoms with Crippen molar-refractivity contribution in [2.45, 2.75) is 161 Å². The number of alkyl halides is 2. The monoisotopic (exact) mass is 1480 g/mol. The van der Waals surface area contributed by atoms with Crippen LogP contribution in [0.5, 0.6) is 23.0 Å². The zero-order valence-corrected chi connectivity index (χ0v) is 62.0. The van der Waals surface area contributed by atoms with Gasteiger partial charge in [0.25, 0.3) is 11.8 Å². The molecule has 6 aromatic carbocycles. The maximum Gasteiger partial charge on any atom is 0.305 e. The summed E-state index contributed by atoms with van der Waals surface area (Å²) in [5, 5.41) is 20.9. The molecular formula is C79H90Cl2N8O16. The van der Waals surface area contributed by atoms with E-state index in [0.29, 0.717) is 88.9 Å². The number of ether oxygens (including phenoxy) is 5. The van der Waals surface area contributed by atoms with Gasteiger partial charge in [0.05, 0.1) is 75.1 Å². The number of amides is 6. The lowest BCUT2D eigenvalue weighted by Crippen LogP contribution is -2.39. The number of anilines is 4. The Kier molecular flexibility index (Phi) is 29.3. The number of fused-ring (bicyclic) bond motifs is 8. The number of esters is 2. The Morgan fingerprint density at radius 2 is 0.952 bits per heavy atom. The van der Waals surface area contributed by atoms with E-state index in [-0.39, 0.29) is 134 Å². The van der Waals surface area contributed by atoms with Crippen molar-refractivity contribution in [3.63, 3.8) is 0 Å². The first kappa shape index (κ1) is 80.2. The lowest BCUT2D eigenvalue weighted by atomic mass is 9.99. The smallest absolute Gasteiger partial charge is 0.305 e. The van der Waals surface area contributed by atoms with Crippen LogP contribution in [0.3, 0.4) is 0 Å². The highest BCUT2D eigenvalue weighted by atomic mass is 35.5. The predicted molar refractivity (Wildman–Crippen MR) is 402 cm³/mol. The molecule has 10 rings (SSSR count). The highest BCUT2D eigenvalue weighted by Crippen LogP contribution is 2.43. The largest absolute Gasteiger partial charge is 0.504 e. The number of phenols is 1. The molecule has 0 unspecified atom stereocenters. The topological polar surface area (TPSA) is 316 Å². The summed E-state index contributed by atoms with van der Waals surface area (Å²) in [5.41, 5.74) is 10.4. The van der Waals surface area contributed by atoms with E-state index in [0.717, 1.165) is 52.0 Å². The summed E-state index contributed by atoms with van der Waals surface area (Å²) < 4.78 is 26.1. The van der Waals surface area contributed by atoms with Gasteiger partial charge >= 0.3 is 11.9 Å². The SMILES string of the molecule is CCc1cc(CCl)cc(NC(=O)[C@H](C)CC(=O)[C@H](C)NC(=O)CCCCC(=O)OC)c1.COC(=O)CCCCC(=O)N[C@@H](C)C(=O)C[C@@H](C)C(=O)Nc1cc(CCl)cc(COc2cc3c(cc2OC)C(=O)N2c4ccccc4C[C@H]2C=N3)c1.COc1cc2c(cc1O)N=C[C@@H]1Cc3ccccc3N1C2=O. The maximum atomic E-state index is 13.7. The van der Waals surface area contributed by atoms with Gasteiger partial charge in [-0.3, -0.25) is 67.7 Å². The Morgan fingerprint density at radius 1 is 0.533 bits per heavy atom. The second-order valence-electron chi connectivity index (χ2n) is 26.0. The molecule has 5 N–H and O–H groups in total. The predicted octanol–water partition coefficient (Wildman–Crippen LogP) is 12.5. The number of halogens is 2. The van der Waals surface area contributed by atoms with Gasteiger partial charge in [0, 0.05) is 122 Å². The van der Waals surface area contributed by atoms with Crippen LogP contribution in [-0.4, -0.2) is 129 Å². The number of aryl methyl sites for hydroxylation is 1. The van der Waals surface area contributed by atoms with Crippen molar-refractivity contribution < 1.29 is 76.7 Å². The molecule has 26 heteroatoms. The van der Waals surface area contributed by atoms with Crippen LogP contribution in [0.4, 0.5) is 34.1 Å². The van der Waals surface area contributed by atoms with Crippen LogP contribution in [0.2, 0.25) is 0 Å². The number of carbonyl (C=O) groups is 10. The number of hydrogen-bond acceptors (Lipinski definition) is 18. The summed E-state index contributed by atoms with van der Waals surface area (Å²) in [6, 6.07) is 31.4. The third-order valence-corrected chi connectivity index (χ3v) is 18.8. The van der Waals surface area contributed by atoms with Gasteiger partial charge in [0.15, 0.2) is 34.6 Å². The molecule has 6 aromatic rings. The fraction of sp³-hybridized carbons (Fsp3) is 0.392.